The fourth-order valence-corrected chi connectivity index (χ4v) is 4.49. The molecule has 1 spiro atoms. The topological polar surface area (TPSA) is 0 Å². The van der Waals surface area contributed by atoms with Crippen LogP contribution in [0, 0.1) is 29.1 Å². The fourth-order valence-electron chi connectivity index (χ4n) is 4.49. The average molecular weight is 194 g/mol. The van der Waals surface area contributed by atoms with E-state index in [9.17, 15) is 0 Å². The summed E-state index contributed by atoms with van der Waals surface area (Å²) < 4.78 is 0. The lowest BCUT2D eigenvalue weighted by atomic mass is 9.63. The van der Waals surface area contributed by atoms with Crippen LogP contribution in [0.2, 0.25) is 0 Å². The van der Waals surface area contributed by atoms with Crippen molar-refractivity contribution in [2.75, 3.05) is 0 Å². The van der Waals surface area contributed by atoms with Crippen molar-refractivity contribution in [3.8, 4) is 0 Å². The summed E-state index contributed by atoms with van der Waals surface area (Å²) in [4.78, 5) is 0. The van der Waals surface area contributed by atoms with Gasteiger partial charge in [-0.25, -0.2) is 0 Å². The molecular formula is C14H26. The zero-order valence-corrected chi connectivity index (χ0v) is 10.3. The molecule has 0 nitrogen and oxygen atoms in total. The van der Waals surface area contributed by atoms with Gasteiger partial charge in [-0.3, -0.25) is 0 Å². The van der Waals surface area contributed by atoms with Crippen molar-refractivity contribution in [2.24, 2.45) is 29.1 Å². The van der Waals surface area contributed by atoms with Crippen LogP contribution in [0.5, 0.6) is 0 Å². The minimum atomic E-state index is 0.733. The second-order valence-corrected chi connectivity index (χ2v) is 6.09. The number of hydrogen-bond donors (Lipinski definition) is 0. The third-order valence-corrected chi connectivity index (χ3v) is 6.00. The smallest absolute Gasteiger partial charge is 0.0241 e. The maximum absolute atomic E-state index is 2.52. The van der Waals surface area contributed by atoms with Gasteiger partial charge in [-0.15, -0.1) is 0 Å². The first-order chi connectivity index (χ1) is 6.59. The van der Waals surface area contributed by atoms with E-state index < -0.39 is 0 Å². The molecule has 14 heavy (non-hydrogen) atoms. The second kappa shape index (κ2) is 3.54. The molecule has 0 N–H and O–H groups in total. The van der Waals surface area contributed by atoms with Gasteiger partial charge < -0.3 is 0 Å². The summed E-state index contributed by atoms with van der Waals surface area (Å²) in [6, 6.07) is 0. The number of hydrogen-bond acceptors (Lipinski definition) is 0. The van der Waals surface area contributed by atoms with Crippen LogP contribution in [0.4, 0.5) is 0 Å². The molecule has 2 aliphatic rings. The van der Waals surface area contributed by atoms with Gasteiger partial charge in [0.2, 0.25) is 0 Å². The van der Waals surface area contributed by atoms with E-state index in [0.717, 1.165) is 29.1 Å². The van der Waals surface area contributed by atoms with E-state index in [1.807, 2.05) is 0 Å². The van der Waals surface area contributed by atoms with Crippen LogP contribution in [-0.2, 0) is 0 Å². The van der Waals surface area contributed by atoms with Crippen LogP contribution in [0.25, 0.3) is 0 Å². The first kappa shape index (κ1) is 10.5. The summed E-state index contributed by atoms with van der Waals surface area (Å²) in [7, 11) is 0. The molecule has 4 atom stereocenters. The molecule has 0 bridgehead atoms. The molecule has 0 heteroatoms. The van der Waals surface area contributed by atoms with Crippen molar-refractivity contribution in [3.63, 3.8) is 0 Å². The highest BCUT2D eigenvalue weighted by molar-refractivity contribution is 5.01. The minimum absolute atomic E-state index is 0.733. The van der Waals surface area contributed by atoms with E-state index in [2.05, 4.69) is 27.7 Å². The minimum Gasteiger partial charge on any atom is -0.0620 e. The van der Waals surface area contributed by atoms with Gasteiger partial charge in [0.15, 0.2) is 0 Å². The maximum Gasteiger partial charge on any atom is -0.0241 e. The Morgan fingerprint density at radius 3 is 1.57 bits per heavy atom. The number of rotatable bonds is 0. The Labute approximate surface area is 89.5 Å². The van der Waals surface area contributed by atoms with Crippen LogP contribution in [-0.4, -0.2) is 0 Å². The predicted octanol–water partition coefficient (Wildman–Crippen LogP) is 4.49. The lowest BCUT2D eigenvalue weighted by Gasteiger charge is -2.42. The molecule has 82 valence electrons. The average Bonchev–Trinajstić information content (AvgIpc) is 2.37. The molecule has 2 aliphatic carbocycles. The van der Waals surface area contributed by atoms with E-state index in [4.69, 9.17) is 0 Å². The Kier molecular flexibility index (Phi) is 2.66. The molecule has 4 unspecified atom stereocenters. The molecule has 0 aliphatic heterocycles. The van der Waals surface area contributed by atoms with Crippen molar-refractivity contribution in [1.82, 2.24) is 0 Å². The molecule has 0 aromatic rings. The van der Waals surface area contributed by atoms with E-state index >= 15 is 0 Å². The summed E-state index contributed by atoms with van der Waals surface area (Å²) in [5.74, 6) is 3.83. The molecule has 2 fully saturated rings. The molecule has 2 rings (SSSR count). The van der Waals surface area contributed by atoms with Gasteiger partial charge in [-0.2, -0.15) is 0 Å². The van der Waals surface area contributed by atoms with E-state index in [0.29, 0.717) is 0 Å². The molecule has 0 saturated heterocycles. The zero-order valence-electron chi connectivity index (χ0n) is 10.3. The molecular weight excluding hydrogens is 168 g/mol. The first-order valence-corrected chi connectivity index (χ1v) is 6.59. The van der Waals surface area contributed by atoms with Crippen molar-refractivity contribution < 1.29 is 0 Å². The summed E-state index contributed by atoms with van der Waals surface area (Å²) in [5, 5.41) is 0. The molecule has 0 aromatic heterocycles. The zero-order chi connectivity index (χ0) is 10.3. The summed E-state index contributed by atoms with van der Waals surface area (Å²) >= 11 is 0. The van der Waals surface area contributed by atoms with Gasteiger partial charge in [-0.1, -0.05) is 47.0 Å². The summed E-state index contributed by atoms with van der Waals surface area (Å²) in [6.45, 7) is 10.0. The van der Waals surface area contributed by atoms with Gasteiger partial charge in [0, 0.05) is 0 Å². The monoisotopic (exact) mass is 194 g/mol. The lowest BCUT2D eigenvalue weighted by Crippen LogP contribution is -2.33. The Morgan fingerprint density at radius 2 is 1.14 bits per heavy atom. The Hall–Kier alpha value is 0. The predicted molar refractivity (Wildman–Crippen MR) is 62.2 cm³/mol. The van der Waals surface area contributed by atoms with Crippen LogP contribution in [0.1, 0.15) is 59.8 Å². The summed E-state index contributed by atoms with van der Waals surface area (Å²) in [5.41, 5.74) is 0.733. The quantitative estimate of drug-likeness (QED) is 0.533. The molecule has 0 heterocycles. The summed E-state index contributed by atoms with van der Waals surface area (Å²) in [6.07, 6.45) is 7.51. The van der Waals surface area contributed by atoms with Crippen LogP contribution < -0.4 is 0 Å². The Balaban J connectivity index is 2.24. The van der Waals surface area contributed by atoms with Crippen LogP contribution in [0.3, 0.4) is 0 Å². The SMILES string of the molecule is CC1C(C)C(C)C2(CCCCC2)C1C. The van der Waals surface area contributed by atoms with Crippen LogP contribution in [0.15, 0.2) is 0 Å². The largest absolute Gasteiger partial charge is 0.0620 e. The van der Waals surface area contributed by atoms with Gasteiger partial charge in [0.1, 0.15) is 0 Å². The maximum atomic E-state index is 2.52. The molecule has 2 saturated carbocycles. The highest BCUT2D eigenvalue weighted by atomic mass is 14.6. The van der Waals surface area contributed by atoms with Crippen molar-refractivity contribution in [3.05, 3.63) is 0 Å². The van der Waals surface area contributed by atoms with Gasteiger partial charge in [0.25, 0.3) is 0 Å². The van der Waals surface area contributed by atoms with E-state index in [1.54, 1.807) is 0 Å². The lowest BCUT2D eigenvalue weighted by molar-refractivity contribution is 0.0781. The molecule has 0 aromatic carbocycles. The fraction of sp³-hybridized carbons (Fsp3) is 1.00. The second-order valence-electron chi connectivity index (χ2n) is 6.09. The van der Waals surface area contributed by atoms with Gasteiger partial charge in [-0.05, 0) is 41.9 Å². The Morgan fingerprint density at radius 1 is 0.714 bits per heavy atom. The van der Waals surface area contributed by atoms with E-state index in [-0.39, 0.29) is 0 Å². The van der Waals surface area contributed by atoms with Crippen molar-refractivity contribution in [1.29, 1.82) is 0 Å². The molecule has 0 amide bonds. The third-order valence-electron chi connectivity index (χ3n) is 6.00. The molecule has 0 radical (unpaired) electrons. The van der Waals surface area contributed by atoms with E-state index in [1.165, 1.54) is 32.1 Å². The normalized spacial score (nSPS) is 47.1. The first-order valence-electron chi connectivity index (χ1n) is 6.59. The highest BCUT2D eigenvalue weighted by Crippen LogP contribution is 2.60. The standard InChI is InChI=1S/C14H26/c1-10-11(2)13(4)14(12(10)3)8-6-5-7-9-14/h10-13H,5-9H2,1-4H3. The highest BCUT2D eigenvalue weighted by Gasteiger charge is 2.52. The van der Waals surface area contributed by atoms with Gasteiger partial charge >= 0.3 is 0 Å². The van der Waals surface area contributed by atoms with Gasteiger partial charge in [0.05, 0.1) is 0 Å². The van der Waals surface area contributed by atoms with Crippen molar-refractivity contribution >= 4 is 0 Å². The van der Waals surface area contributed by atoms with Crippen molar-refractivity contribution in [2.45, 2.75) is 59.8 Å². The van der Waals surface area contributed by atoms with Crippen LogP contribution >= 0.6 is 0 Å². The third kappa shape index (κ3) is 1.26. The Bertz CT molecular complexity index is 184.